The van der Waals surface area contributed by atoms with Crippen molar-refractivity contribution in [3.8, 4) is 5.75 Å². The third kappa shape index (κ3) is 6.61. The number of nitrogens with zero attached hydrogens (tertiary/aromatic N) is 3. The average molecular weight is 630 g/mol. The maximum atomic E-state index is 13.9. The van der Waals surface area contributed by atoms with E-state index in [9.17, 15) is 4.79 Å². The first-order valence-electron chi connectivity index (χ1n) is 16.3. The van der Waals surface area contributed by atoms with Gasteiger partial charge in [0, 0.05) is 47.3 Å². The van der Waals surface area contributed by atoms with Gasteiger partial charge in [0.15, 0.2) is 0 Å². The Kier molecular flexibility index (Phi) is 8.93. The van der Waals surface area contributed by atoms with E-state index in [1.54, 1.807) is 16.7 Å². The fourth-order valence-electron chi connectivity index (χ4n) is 5.99. The zero-order chi connectivity index (χ0) is 30.9. The van der Waals surface area contributed by atoms with E-state index >= 15 is 0 Å². The maximum Gasteiger partial charge on any atom is 0.419 e. The van der Waals surface area contributed by atoms with E-state index in [4.69, 9.17) is 9.16 Å². The van der Waals surface area contributed by atoms with E-state index in [1.807, 2.05) is 24.3 Å². The van der Waals surface area contributed by atoms with Gasteiger partial charge in [0.1, 0.15) is 12.4 Å². The first-order valence-corrected chi connectivity index (χ1v) is 20.0. The molecule has 6 nitrogen and oxygen atoms in total. The topological polar surface area (TPSA) is 45.3 Å². The van der Waals surface area contributed by atoms with Gasteiger partial charge in [-0.25, -0.2) is 9.69 Å². The third-order valence-corrected chi connectivity index (χ3v) is 15.1. The summed E-state index contributed by atoms with van der Waals surface area (Å²) in [6.07, 6.45) is 7.17. The van der Waals surface area contributed by atoms with Crippen LogP contribution in [-0.2, 0) is 11.3 Å². The van der Waals surface area contributed by atoms with Crippen LogP contribution in [0.1, 0.15) is 64.9 Å². The van der Waals surface area contributed by atoms with Crippen molar-refractivity contribution in [1.29, 1.82) is 0 Å². The standard InChI is InChI=1S/C36H47N3O3SSi/c1-36(2,3)44(4,5)42-30-16-12-27(13-17-30)26-41-35(40)39-31-18-14-28(37-20-8-6-9-21-37)24-33(31)43-34-25-29(15-19-32(34)39)38-22-10-7-11-23-38/h12-19,24-25H,6-11,20-23,26H2,1-5H3. The van der Waals surface area contributed by atoms with Crippen molar-refractivity contribution >= 4 is 48.9 Å². The second kappa shape index (κ2) is 12.7. The van der Waals surface area contributed by atoms with Crippen molar-refractivity contribution in [2.24, 2.45) is 0 Å². The van der Waals surface area contributed by atoms with E-state index < -0.39 is 8.32 Å². The highest BCUT2D eigenvalue weighted by Crippen LogP contribution is 2.51. The number of ether oxygens (including phenoxy) is 1. The molecular formula is C36H47N3O3SSi. The molecule has 6 rings (SSSR count). The molecule has 0 spiro atoms. The van der Waals surface area contributed by atoms with Crippen LogP contribution in [0.5, 0.6) is 5.75 Å². The molecule has 2 fully saturated rings. The number of amides is 1. The Morgan fingerprint density at radius 2 is 1.25 bits per heavy atom. The quantitative estimate of drug-likeness (QED) is 0.253. The highest BCUT2D eigenvalue weighted by molar-refractivity contribution is 7.99. The van der Waals surface area contributed by atoms with E-state index in [1.165, 1.54) is 49.9 Å². The zero-order valence-electron chi connectivity index (χ0n) is 27.0. The largest absolute Gasteiger partial charge is 0.544 e. The van der Waals surface area contributed by atoms with Crippen LogP contribution in [0.3, 0.4) is 0 Å². The number of piperidine rings is 2. The predicted molar refractivity (Wildman–Crippen MR) is 186 cm³/mol. The Morgan fingerprint density at radius 1 is 0.750 bits per heavy atom. The smallest absolute Gasteiger partial charge is 0.419 e. The molecule has 234 valence electrons. The van der Waals surface area contributed by atoms with Gasteiger partial charge in [0.2, 0.25) is 8.32 Å². The fraction of sp³-hybridized carbons (Fsp3) is 0.472. The molecule has 0 N–H and O–H groups in total. The molecule has 3 aliphatic heterocycles. The minimum absolute atomic E-state index is 0.129. The summed E-state index contributed by atoms with van der Waals surface area (Å²) in [5.74, 6) is 0.872. The Bertz CT molecular complexity index is 1410. The van der Waals surface area contributed by atoms with Crippen LogP contribution in [0.2, 0.25) is 18.1 Å². The van der Waals surface area contributed by atoms with E-state index in [0.29, 0.717) is 0 Å². The van der Waals surface area contributed by atoms with Gasteiger partial charge in [-0.05, 0) is 111 Å². The molecule has 3 aromatic rings. The van der Waals surface area contributed by atoms with Crippen molar-refractivity contribution in [1.82, 2.24) is 0 Å². The number of benzene rings is 3. The van der Waals surface area contributed by atoms with Crippen LogP contribution >= 0.6 is 11.8 Å². The summed E-state index contributed by atoms with van der Waals surface area (Å²) in [5, 5.41) is 0.129. The van der Waals surface area contributed by atoms with Crippen LogP contribution < -0.4 is 19.1 Å². The normalized spacial score (nSPS) is 17.2. The summed E-state index contributed by atoms with van der Waals surface area (Å²) in [6, 6.07) is 21.1. The van der Waals surface area contributed by atoms with Crippen LogP contribution in [0.25, 0.3) is 0 Å². The molecule has 0 unspecified atom stereocenters. The molecule has 1 amide bonds. The van der Waals surface area contributed by atoms with Crippen LogP contribution in [-0.4, -0.2) is 40.6 Å². The summed E-state index contributed by atoms with van der Waals surface area (Å²) >= 11 is 1.77. The molecule has 0 aromatic heterocycles. The predicted octanol–water partition coefficient (Wildman–Crippen LogP) is 9.99. The second-order valence-electron chi connectivity index (χ2n) is 13.9. The fourth-order valence-corrected chi connectivity index (χ4v) is 8.15. The number of fused-ring (bicyclic) bond motifs is 2. The minimum atomic E-state index is -1.92. The highest BCUT2D eigenvalue weighted by atomic mass is 32.2. The molecule has 44 heavy (non-hydrogen) atoms. The van der Waals surface area contributed by atoms with Crippen molar-refractivity contribution < 1.29 is 14.0 Å². The molecule has 3 aliphatic rings. The molecule has 8 heteroatoms. The first kappa shape index (κ1) is 30.9. The second-order valence-corrected chi connectivity index (χ2v) is 19.7. The minimum Gasteiger partial charge on any atom is -0.544 e. The van der Waals surface area contributed by atoms with E-state index in [-0.39, 0.29) is 17.7 Å². The highest BCUT2D eigenvalue weighted by Gasteiger charge is 2.39. The van der Waals surface area contributed by atoms with Gasteiger partial charge in [-0.15, -0.1) is 0 Å². The van der Waals surface area contributed by atoms with Crippen molar-refractivity contribution in [2.45, 2.75) is 93.8 Å². The lowest BCUT2D eigenvalue weighted by atomic mass is 10.1. The number of carbonyl (C=O) groups excluding carboxylic acids is 1. The molecule has 2 saturated heterocycles. The molecule has 3 heterocycles. The molecule has 0 atom stereocenters. The van der Waals surface area contributed by atoms with E-state index in [0.717, 1.165) is 58.7 Å². The van der Waals surface area contributed by atoms with Gasteiger partial charge in [-0.1, -0.05) is 44.7 Å². The molecule has 0 bridgehead atoms. The van der Waals surface area contributed by atoms with Gasteiger partial charge >= 0.3 is 6.09 Å². The van der Waals surface area contributed by atoms with E-state index in [2.05, 4.69) is 80.1 Å². The van der Waals surface area contributed by atoms with Crippen molar-refractivity contribution in [3.63, 3.8) is 0 Å². The van der Waals surface area contributed by atoms with Gasteiger partial charge in [-0.2, -0.15) is 0 Å². The van der Waals surface area contributed by atoms with Crippen LogP contribution in [0, 0.1) is 0 Å². The Hall–Kier alpha value is -3.10. The lowest BCUT2D eigenvalue weighted by Crippen LogP contribution is -2.43. The summed E-state index contributed by atoms with van der Waals surface area (Å²) in [4.78, 5) is 22.8. The van der Waals surface area contributed by atoms with Gasteiger partial charge in [-0.3, -0.25) is 0 Å². The number of rotatable bonds is 6. The maximum absolute atomic E-state index is 13.9. The number of carbonyl (C=O) groups is 1. The van der Waals surface area contributed by atoms with Crippen LogP contribution in [0.4, 0.5) is 27.5 Å². The summed E-state index contributed by atoms with van der Waals surface area (Å²) in [5.41, 5.74) is 5.18. The number of hydrogen-bond acceptors (Lipinski definition) is 6. The van der Waals surface area contributed by atoms with Gasteiger partial charge in [0.05, 0.1) is 11.4 Å². The molecule has 0 saturated carbocycles. The van der Waals surface area contributed by atoms with Crippen molar-refractivity contribution in [3.05, 3.63) is 66.2 Å². The lowest BCUT2D eigenvalue weighted by molar-refractivity contribution is 0.149. The average Bonchev–Trinajstić information content (AvgIpc) is 3.02. The summed E-state index contributed by atoms with van der Waals surface area (Å²) < 4.78 is 12.4. The van der Waals surface area contributed by atoms with Crippen LogP contribution in [0.15, 0.2) is 70.5 Å². The molecule has 0 radical (unpaired) electrons. The summed E-state index contributed by atoms with van der Waals surface area (Å²) in [7, 11) is -1.92. The molecule has 3 aromatic carbocycles. The lowest BCUT2D eigenvalue weighted by Gasteiger charge is -2.36. The monoisotopic (exact) mass is 629 g/mol. The van der Waals surface area contributed by atoms with Gasteiger partial charge in [0.25, 0.3) is 0 Å². The molecular weight excluding hydrogens is 583 g/mol. The van der Waals surface area contributed by atoms with Gasteiger partial charge < -0.3 is 19.0 Å². The Labute approximate surface area is 268 Å². The zero-order valence-corrected chi connectivity index (χ0v) is 28.8. The Morgan fingerprint density at radius 3 is 1.73 bits per heavy atom. The number of anilines is 4. The Balaban J connectivity index is 1.23. The molecule has 0 aliphatic carbocycles. The van der Waals surface area contributed by atoms with Crippen molar-refractivity contribution in [2.75, 3.05) is 40.9 Å². The SMILES string of the molecule is CC(C)(C)[Si](C)(C)Oc1ccc(COC(=O)N2c3ccc(N4CCCCC4)cc3Sc3cc(N4CCCCC4)ccc32)cc1. The summed E-state index contributed by atoms with van der Waals surface area (Å²) in [6.45, 7) is 15.8. The first-order chi connectivity index (χ1) is 21.1. The third-order valence-electron chi connectivity index (χ3n) is 9.68. The number of hydrogen-bond donors (Lipinski definition) is 0.